The number of nitrogens with zero attached hydrogens (tertiary/aromatic N) is 3. The second-order valence-corrected chi connectivity index (χ2v) is 18.6. The van der Waals surface area contributed by atoms with Crippen molar-refractivity contribution >= 4 is 18.6 Å². The molecule has 0 heterocycles. The van der Waals surface area contributed by atoms with Crippen molar-refractivity contribution in [3.05, 3.63) is 88.0 Å². The average Bonchev–Trinajstić information content (AvgIpc) is 0.728. The Balaban J connectivity index is 2.26. The summed E-state index contributed by atoms with van der Waals surface area (Å²) in [5, 5.41) is 30.8. The molecule has 0 spiro atoms. The zero-order chi connectivity index (χ0) is 70.4. The molecule has 0 aliphatic heterocycles. The van der Waals surface area contributed by atoms with Crippen molar-refractivity contribution in [2.75, 3.05) is 19.6 Å². The maximum absolute atomic E-state index is 15.1. The molecule has 0 aromatic heterocycles. The lowest BCUT2D eigenvalue weighted by molar-refractivity contribution is -0.441. The largest absolute Gasteiger partial charge is 0.507 e. The maximum Gasteiger partial charge on any atom is 0.460 e. The van der Waals surface area contributed by atoms with Gasteiger partial charge in [-0.2, -0.15) is 171 Å². The van der Waals surface area contributed by atoms with Crippen LogP contribution in [-0.2, 0) is 17.8 Å². The molecule has 0 unspecified atom stereocenters. The lowest BCUT2D eigenvalue weighted by atomic mass is 9.89. The second kappa shape index (κ2) is 22.6. The minimum atomic E-state index is -8.47. The van der Waals surface area contributed by atoms with E-state index in [2.05, 4.69) is 15.0 Å². The first-order chi connectivity index (χ1) is 39.1. The molecule has 506 valence electrons. The Hall–Kier alpha value is -6.66. The van der Waals surface area contributed by atoms with Crippen molar-refractivity contribution < 1.29 is 187 Å². The summed E-state index contributed by atoms with van der Waals surface area (Å²) in [5.41, 5.74) is -16.1. The van der Waals surface area contributed by atoms with Crippen molar-refractivity contribution in [3.8, 4) is 17.2 Å². The van der Waals surface area contributed by atoms with Gasteiger partial charge in [-0.25, -0.2) is 0 Å². The Morgan fingerprint density at radius 2 is 0.551 bits per heavy atom. The van der Waals surface area contributed by atoms with E-state index in [0.717, 1.165) is 0 Å². The monoisotopic (exact) mass is 1380 g/mol. The van der Waals surface area contributed by atoms with Gasteiger partial charge in [-0.05, 0) is 42.5 Å². The van der Waals surface area contributed by atoms with E-state index in [1.54, 1.807) is 0 Å². The highest BCUT2D eigenvalue weighted by Gasteiger charge is 2.94. The highest BCUT2D eigenvalue weighted by Crippen LogP contribution is 2.66. The molecular formula is C44H24F39N3O3. The SMILES string of the molecule is CC(CN=Cc1cc(C(F)(F)C(F)(F)C(F)(F)C(F)(F)C(F)(F)C(F)(F)F)ccc1O)(CN=Cc1cccc(C(F)(F)C(F)(F)C(F)(F)C(F)(F)C(F)(F)C(F)(F)F)c1O)CN=Cc1cccc(C(F)(F)C(F)(F)C(F)(F)C(F)(F)C(F)(F)C(F)(F)F)c1O. The van der Waals surface area contributed by atoms with Crippen LogP contribution >= 0.6 is 0 Å². The van der Waals surface area contributed by atoms with Crippen LogP contribution in [0.5, 0.6) is 17.2 Å². The van der Waals surface area contributed by atoms with Crippen LogP contribution < -0.4 is 0 Å². The summed E-state index contributed by atoms with van der Waals surface area (Å²) in [4.78, 5) is 10.1. The number of halogens is 39. The van der Waals surface area contributed by atoms with Crippen molar-refractivity contribution in [1.82, 2.24) is 0 Å². The quantitative estimate of drug-likeness (QED) is 0.0616. The van der Waals surface area contributed by atoms with Crippen LogP contribution in [0.2, 0.25) is 0 Å². The smallest absolute Gasteiger partial charge is 0.460 e. The minimum Gasteiger partial charge on any atom is -0.507 e. The van der Waals surface area contributed by atoms with Gasteiger partial charge in [-0.15, -0.1) is 0 Å². The standard InChI is InChI=1S/C44H24F39N3O3/c1-26(14-84-11-17-4-2-6-21(24(17)88)28(47,48)31(53,54)34(59,60)37(65,66)40(71,72)43(78,79)80,15-85-12-18-5-3-7-22(25(18)89)29(49,50)32(55,56)35(61,62)38(67,68)41(73,74)44(81,82)83)16-86-13-19-10-20(8-9-23(19)87)27(45,46)30(51,52)33(57,58)36(63,64)39(69,70)42(75,76)77/h2-13,87-89H,14-16H2,1H3. The molecule has 0 saturated heterocycles. The van der Waals surface area contributed by atoms with E-state index in [1.807, 2.05) is 0 Å². The number of hydrogen-bond acceptors (Lipinski definition) is 6. The summed E-state index contributed by atoms with van der Waals surface area (Å²) >= 11 is 0. The van der Waals surface area contributed by atoms with Crippen LogP contribution in [0.25, 0.3) is 0 Å². The third-order valence-corrected chi connectivity index (χ3v) is 12.1. The van der Waals surface area contributed by atoms with Crippen molar-refractivity contribution in [3.63, 3.8) is 0 Å². The first-order valence-electron chi connectivity index (χ1n) is 21.9. The van der Waals surface area contributed by atoms with E-state index < -0.39 is 207 Å². The molecular weight excluding hydrogens is 1360 g/mol. The van der Waals surface area contributed by atoms with Crippen LogP contribution in [0.15, 0.2) is 69.6 Å². The van der Waals surface area contributed by atoms with Gasteiger partial charge in [0.25, 0.3) is 0 Å². The Bertz CT molecular complexity index is 2980. The predicted octanol–water partition coefficient (Wildman–Crippen LogP) is 17.1. The molecule has 0 fully saturated rings. The van der Waals surface area contributed by atoms with Gasteiger partial charge in [0.1, 0.15) is 17.2 Å². The van der Waals surface area contributed by atoms with E-state index in [4.69, 9.17) is 0 Å². The fraction of sp³-hybridized carbons (Fsp3) is 0.523. The number of phenols is 3. The van der Waals surface area contributed by atoms with Gasteiger partial charge < -0.3 is 15.3 Å². The second-order valence-electron chi connectivity index (χ2n) is 18.6. The Labute approximate surface area is 465 Å². The van der Waals surface area contributed by atoms with Crippen LogP contribution in [-0.4, -0.2) is 143 Å². The number of aliphatic imine (C=N–C) groups is 3. The van der Waals surface area contributed by atoms with Gasteiger partial charge in [0.15, 0.2) is 0 Å². The summed E-state index contributed by atoms with van der Waals surface area (Å²) in [6.45, 7) is -3.69. The van der Waals surface area contributed by atoms with Gasteiger partial charge in [-0.1, -0.05) is 19.1 Å². The molecule has 89 heavy (non-hydrogen) atoms. The first kappa shape index (κ1) is 76.6. The maximum atomic E-state index is 15.1. The Morgan fingerprint density at radius 1 is 0.303 bits per heavy atom. The summed E-state index contributed by atoms with van der Waals surface area (Å²) in [7, 11) is 0. The van der Waals surface area contributed by atoms with E-state index in [1.165, 1.54) is 0 Å². The third-order valence-electron chi connectivity index (χ3n) is 12.1. The van der Waals surface area contributed by atoms with Gasteiger partial charge in [0, 0.05) is 65.9 Å². The van der Waals surface area contributed by atoms with Crippen molar-refractivity contribution in [2.24, 2.45) is 20.4 Å². The van der Waals surface area contributed by atoms with Crippen LogP contribution in [0, 0.1) is 5.41 Å². The number of benzene rings is 3. The molecule has 3 aromatic carbocycles. The topological polar surface area (TPSA) is 97.8 Å². The average molecular weight is 1380 g/mol. The molecule has 0 bridgehead atoms. The number of hydrogen-bond donors (Lipinski definition) is 3. The molecule has 0 aliphatic rings. The molecule has 3 rings (SSSR count). The Morgan fingerprint density at radius 3 is 0.820 bits per heavy atom. The number of rotatable bonds is 24. The lowest BCUT2D eigenvalue weighted by Crippen LogP contribution is -2.69. The predicted molar refractivity (Wildman–Crippen MR) is 219 cm³/mol. The molecule has 6 nitrogen and oxygen atoms in total. The highest BCUT2D eigenvalue weighted by molar-refractivity contribution is 5.85. The third kappa shape index (κ3) is 11.8. The number of phenolic OH excluding ortho intramolecular Hbond substituents is 3. The summed E-state index contributed by atoms with van der Waals surface area (Å²) < 4.78 is 541. The number of alkyl halides is 39. The number of para-hydroxylation sites is 2. The van der Waals surface area contributed by atoms with E-state index >= 15 is 26.3 Å². The molecule has 3 aromatic rings. The molecule has 3 N–H and O–H groups in total. The highest BCUT2D eigenvalue weighted by atomic mass is 19.5. The summed E-state index contributed by atoms with van der Waals surface area (Å²) in [5.74, 6) is -128. The summed E-state index contributed by atoms with van der Waals surface area (Å²) in [6, 6.07) is -2.39. The molecule has 0 atom stereocenters. The minimum absolute atomic E-state index is 0.0380. The van der Waals surface area contributed by atoms with E-state index in [-0.39, 0.29) is 49.0 Å². The van der Waals surface area contributed by atoms with Crippen LogP contribution in [0.3, 0.4) is 0 Å². The van der Waals surface area contributed by atoms with Gasteiger partial charge in [0.2, 0.25) is 0 Å². The van der Waals surface area contributed by atoms with Crippen LogP contribution in [0.4, 0.5) is 171 Å². The lowest BCUT2D eigenvalue weighted by Gasteiger charge is -2.39. The van der Waals surface area contributed by atoms with E-state index in [9.17, 15) is 160 Å². The Kier molecular flexibility index (Phi) is 19.5. The molecule has 45 heteroatoms. The molecule has 0 amide bonds. The normalized spacial score (nSPS) is 16.3. The zero-order valence-corrected chi connectivity index (χ0v) is 41.5. The molecule has 0 saturated carbocycles. The molecule has 0 aliphatic carbocycles. The van der Waals surface area contributed by atoms with Gasteiger partial charge in [-0.3, -0.25) is 15.0 Å². The fourth-order valence-corrected chi connectivity index (χ4v) is 6.76. The van der Waals surface area contributed by atoms with Gasteiger partial charge in [0.05, 0.1) is 11.1 Å². The zero-order valence-electron chi connectivity index (χ0n) is 41.5. The summed E-state index contributed by atoms with van der Waals surface area (Å²) in [6.07, 6.45) is -23.9. The molecule has 0 radical (unpaired) electrons. The van der Waals surface area contributed by atoms with Gasteiger partial charge >= 0.3 is 107 Å². The van der Waals surface area contributed by atoms with Crippen molar-refractivity contribution in [1.29, 1.82) is 0 Å². The van der Waals surface area contributed by atoms with E-state index in [0.29, 0.717) is 6.92 Å². The van der Waals surface area contributed by atoms with Crippen LogP contribution in [0.1, 0.15) is 40.3 Å². The number of aromatic hydroxyl groups is 3. The fourth-order valence-electron chi connectivity index (χ4n) is 6.76. The first-order valence-corrected chi connectivity index (χ1v) is 21.9. The van der Waals surface area contributed by atoms with Crippen molar-refractivity contribution in [2.45, 2.75) is 114 Å².